The number of sulfonamides is 1. The van der Waals surface area contributed by atoms with Crippen molar-refractivity contribution >= 4 is 38.8 Å². The highest BCUT2D eigenvalue weighted by atomic mass is 32.2. The third-order valence-electron chi connectivity index (χ3n) is 5.90. The van der Waals surface area contributed by atoms with Crippen LogP contribution in [0.15, 0.2) is 59.6 Å². The van der Waals surface area contributed by atoms with E-state index < -0.39 is 15.9 Å². The summed E-state index contributed by atoms with van der Waals surface area (Å²) in [6.45, 7) is 0. The lowest BCUT2D eigenvalue weighted by atomic mass is 9.82. The molecule has 0 saturated heterocycles. The number of fused-ring (bicyclic) bond motifs is 4. The molecule has 0 fully saturated rings. The van der Waals surface area contributed by atoms with Crippen molar-refractivity contribution in [3.8, 4) is 17.7 Å². The van der Waals surface area contributed by atoms with Crippen molar-refractivity contribution in [3.05, 3.63) is 81.6 Å². The van der Waals surface area contributed by atoms with Gasteiger partial charge in [0.1, 0.15) is 21.8 Å². The number of aromatic amines is 1. The minimum absolute atomic E-state index is 0.107. The Kier molecular flexibility index (Phi) is 5.13. The van der Waals surface area contributed by atoms with Crippen molar-refractivity contribution in [3.63, 3.8) is 0 Å². The minimum atomic E-state index is -3.82. The highest BCUT2D eigenvalue weighted by molar-refractivity contribution is 7.89. The molecule has 1 aliphatic rings. The van der Waals surface area contributed by atoms with Crippen LogP contribution in [0.4, 0.5) is 5.69 Å². The fourth-order valence-corrected chi connectivity index (χ4v) is 5.64. The fraction of sp³-hybridized carbons (Fsp3) is 0.125. The standard InChI is InChI=1S/C24H19N5O3S2/c1-29(2)34(30,31)17-11-15-18(13-7-4-3-5-8-13)19-20(26)16(12-25)24(33)28-23(19)32-22(15)21-14(17)9-6-10-27-21/h3-11,18H,1-2H3,(H3,26,28,33). The molecule has 0 spiro atoms. The zero-order valence-corrected chi connectivity index (χ0v) is 19.9. The maximum atomic E-state index is 13.3. The number of nitrogens with two attached hydrogens (primary N) is 1. The first kappa shape index (κ1) is 22.0. The maximum absolute atomic E-state index is 13.3. The van der Waals surface area contributed by atoms with Crippen LogP contribution in [0.1, 0.15) is 28.2 Å². The smallest absolute Gasteiger partial charge is 0.243 e. The van der Waals surface area contributed by atoms with E-state index in [0.29, 0.717) is 33.7 Å². The van der Waals surface area contributed by atoms with E-state index >= 15 is 0 Å². The second-order valence-corrected chi connectivity index (χ2v) is 10.6. The van der Waals surface area contributed by atoms with E-state index in [9.17, 15) is 13.7 Å². The van der Waals surface area contributed by atoms with E-state index in [0.717, 1.165) is 9.87 Å². The Morgan fingerprint density at radius 1 is 1.21 bits per heavy atom. The Balaban J connectivity index is 1.95. The molecule has 34 heavy (non-hydrogen) atoms. The number of pyridine rings is 2. The van der Waals surface area contributed by atoms with Gasteiger partial charge in [-0.05, 0) is 23.8 Å². The molecule has 3 heterocycles. The fourth-order valence-electron chi connectivity index (χ4n) is 4.28. The summed E-state index contributed by atoms with van der Waals surface area (Å²) < 4.78 is 34.2. The maximum Gasteiger partial charge on any atom is 0.243 e. The molecular weight excluding hydrogens is 470 g/mol. The van der Waals surface area contributed by atoms with Gasteiger partial charge in [0.2, 0.25) is 15.9 Å². The lowest BCUT2D eigenvalue weighted by Crippen LogP contribution is -2.24. The Bertz CT molecular complexity index is 1670. The summed E-state index contributed by atoms with van der Waals surface area (Å²) >= 11 is 5.33. The predicted molar refractivity (Wildman–Crippen MR) is 131 cm³/mol. The number of hydrogen-bond acceptors (Lipinski definition) is 7. The van der Waals surface area contributed by atoms with Gasteiger partial charge >= 0.3 is 0 Å². The van der Waals surface area contributed by atoms with Crippen LogP contribution in [0, 0.1) is 16.0 Å². The molecular formula is C24H19N5O3S2. The van der Waals surface area contributed by atoms with Gasteiger partial charge in [-0.15, -0.1) is 0 Å². The number of ether oxygens (including phenoxy) is 1. The number of H-pyrrole nitrogens is 1. The molecule has 0 bridgehead atoms. The number of nitrogens with one attached hydrogen (secondary N) is 1. The lowest BCUT2D eigenvalue weighted by molar-refractivity contribution is 0.437. The molecule has 0 saturated carbocycles. The van der Waals surface area contributed by atoms with Gasteiger partial charge in [0.05, 0.1) is 10.6 Å². The van der Waals surface area contributed by atoms with E-state index in [4.69, 9.17) is 22.7 Å². The SMILES string of the molecule is CN(C)S(=O)(=O)c1cc2c(c3ncccc13)Oc1[nH]c(=S)c(C#N)c(N)c1C2c1ccccc1. The monoisotopic (exact) mass is 489 g/mol. The number of nitriles is 1. The molecule has 2 aromatic carbocycles. The van der Waals surface area contributed by atoms with E-state index in [1.54, 1.807) is 24.4 Å². The normalized spacial score (nSPS) is 14.8. The number of benzene rings is 2. The quantitative estimate of drug-likeness (QED) is 0.362. The van der Waals surface area contributed by atoms with E-state index in [1.165, 1.54) is 14.1 Å². The van der Waals surface area contributed by atoms with Gasteiger partial charge in [0, 0.05) is 42.7 Å². The summed E-state index contributed by atoms with van der Waals surface area (Å²) in [4.78, 5) is 7.58. The van der Waals surface area contributed by atoms with E-state index in [1.807, 2.05) is 30.3 Å². The molecule has 1 aliphatic heterocycles. The van der Waals surface area contributed by atoms with Gasteiger partial charge in [-0.25, -0.2) is 12.7 Å². The van der Waals surface area contributed by atoms with Gasteiger partial charge in [0.15, 0.2) is 5.75 Å². The van der Waals surface area contributed by atoms with Crippen LogP contribution in [0.25, 0.3) is 10.9 Å². The zero-order chi connectivity index (χ0) is 24.2. The molecule has 2 aromatic heterocycles. The van der Waals surface area contributed by atoms with E-state index in [2.05, 4.69) is 16.0 Å². The summed E-state index contributed by atoms with van der Waals surface area (Å²) in [6.07, 6.45) is 1.58. The van der Waals surface area contributed by atoms with Gasteiger partial charge in [-0.2, -0.15) is 5.26 Å². The van der Waals surface area contributed by atoms with Gasteiger partial charge in [-0.3, -0.25) is 4.98 Å². The summed E-state index contributed by atoms with van der Waals surface area (Å²) in [6, 6.07) is 16.5. The highest BCUT2D eigenvalue weighted by Crippen LogP contribution is 2.52. The molecule has 0 radical (unpaired) electrons. The average Bonchev–Trinajstić information content (AvgIpc) is 2.83. The van der Waals surface area contributed by atoms with Crippen molar-refractivity contribution < 1.29 is 13.2 Å². The van der Waals surface area contributed by atoms with Crippen LogP contribution in [0.3, 0.4) is 0 Å². The molecule has 1 unspecified atom stereocenters. The Labute approximate surface area is 201 Å². The van der Waals surface area contributed by atoms with Gasteiger partial charge < -0.3 is 15.5 Å². The molecule has 1 atom stereocenters. The first-order chi connectivity index (χ1) is 16.3. The molecule has 0 amide bonds. The molecule has 3 N–H and O–H groups in total. The number of aromatic nitrogens is 2. The first-order valence-corrected chi connectivity index (χ1v) is 12.1. The average molecular weight is 490 g/mol. The van der Waals surface area contributed by atoms with Crippen LogP contribution in [-0.2, 0) is 10.0 Å². The molecule has 5 rings (SSSR count). The minimum Gasteiger partial charge on any atom is -0.438 e. The number of hydrogen-bond donors (Lipinski definition) is 2. The van der Waals surface area contributed by atoms with Crippen LogP contribution in [0.5, 0.6) is 11.6 Å². The topological polar surface area (TPSA) is 125 Å². The summed E-state index contributed by atoms with van der Waals surface area (Å²) in [5.74, 6) is 0.184. The number of nitrogen functional groups attached to an aromatic ring is 1. The van der Waals surface area contributed by atoms with Crippen LogP contribution in [0.2, 0.25) is 0 Å². The second kappa shape index (κ2) is 7.92. The van der Waals surface area contributed by atoms with Crippen LogP contribution >= 0.6 is 12.2 Å². The molecule has 0 aliphatic carbocycles. The molecule has 8 nitrogen and oxygen atoms in total. The van der Waals surface area contributed by atoms with E-state index in [-0.39, 0.29) is 20.8 Å². The van der Waals surface area contributed by atoms with Crippen molar-refractivity contribution in [2.75, 3.05) is 19.8 Å². The van der Waals surface area contributed by atoms with Gasteiger partial charge in [-0.1, -0.05) is 42.5 Å². The van der Waals surface area contributed by atoms with Crippen molar-refractivity contribution in [1.82, 2.24) is 14.3 Å². The number of nitrogens with zero attached hydrogens (tertiary/aromatic N) is 3. The second-order valence-electron chi connectivity index (χ2n) is 8.02. The Morgan fingerprint density at radius 2 is 1.94 bits per heavy atom. The number of anilines is 1. The van der Waals surface area contributed by atoms with Crippen LogP contribution < -0.4 is 10.5 Å². The zero-order valence-electron chi connectivity index (χ0n) is 18.2. The largest absolute Gasteiger partial charge is 0.438 e. The first-order valence-electron chi connectivity index (χ1n) is 10.3. The third kappa shape index (κ3) is 3.17. The summed E-state index contributed by atoms with van der Waals surface area (Å²) in [5, 5.41) is 10.1. The third-order valence-corrected chi connectivity index (χ3v) is 8.06. The highest BCUT2D eigenvalue weighted by Gasteiger charge is 2.36. The van der Waals surface area contributed by atoms with Crippen LogP contribution in [-0.4, -0.2) is 36.8 Å². The predicted octanol–water partition coefficient (Wildman–Crippen LogP) is 4.28. The summed E-state index contributed by atoms with van der Waals surface area (Å²) in [7, 11) is -0.858. The van der Waals surface area contributed by atoms with Crippen molar-refractivity contribution in [2.45, 2.75) is 10.8 Å². The Morgan fingerprint density at radius 3 is 2.62 bits per heavy atom. The van der Waals surface area contributed by atoms with Crippen molar-refractivity contribution in [2.24, 2.45) is 0 Å². The Hall–Kier alpha value is -3.78. The van der Waals surface area contributed by atoms with Gasteiger partial charge in [0.25, 0.3) is 0 Å². The lowest BCUT2D eigenvalue weighted by Gasteiger charge is -2.31. The van der Waals surface area contributed by atoms with Crippen molar-refractivity contribution in [1.29, 1.82) is 5.26 Å². The molecule has 10 heteroatoms. The number of rotatable bonds is 3. The molecule has 170 valence electrons. The molecule has 4 aromatic rings. The summed E-state index contributed by atoms with van der Waals surface area (Å²) in [5.41, 5.74) is 9.13.